The fraction of sp³-hybridized carbons (Fsp3) is 0.333. The highest BCUT2D eigenvalue weighted by Crippen LogP contribution is 2.23. The van der Waals surface area contributed by atoms with Gasteiger partial charge in [0.1, 0.15) is 5.75 Å². The Kier molecular flexibility index (Phi) is 4.30. The van der Waals surface area contributed by atoms with E-state index in [9.17, 15) is 9.90 Å². The molecule has 1 aromatic heterocycles. The van der Waals surface area contributed by atoms with Crippen molar-refractivity contribution < 1.29 is 9.90 Å². The third-order valence-electron chi connectivity index (χ3n) is 4.44. The van der Waals surface area contributed by atoms with Crippen LogP contribution in [0.4, 0.5) is 0 Å². The lowest BCUT2D eigenvalue weighted by molar-refractivity contribution is 0.0724. The van der Waals surface area contributed by atoms with Crippen molar-refractivity contribution in [3.8, 4) is 5.75 Å². The van der Waals surface area contributed by atoms with Crippen LogP contribution in [0.25, 0.3) is 0 Å². The molecule has 1 aromatic carbocycles. The molecule has 0 saturated carbocycles. The van der Waals surface area contributed by atoms with Gasteiger partial charge in [0, 0.05) is 32.4 Å². The van der Waals surface area contributed by atoms with Crippen molar-refractivity contribution in [2.75, 3.05) is 20.6 Å². The van der Waals surface area contributed by atoms with Gasteiger partial charge in [-0.15, -0.1) is 0 Å². The quantitative estimate of drug-likeness (QED) is 0.941. The first-order valence-electron chi connectivity index (χ1n) is 7.72. The second-order valence-electron chi connectivity index (χ2n) is 6.10. The highest BCUT2D eigenvalue weighted by atomic mass is 16.3. The van der Waals surface area contributed by atoms with E-state index in [2.05, 4.69) is 41.2 Å². The number of carbonyl (C=O) groups is 1. The predicted octanol–water partition coefficient (Wildman–Crippen LogP) is 1.92. The number of pyridine rings is 1. The maximum Gasteiger partial charge on any atom is 0.276 e. The summed E-state index contributed by atoms with van der Waals surface area (Å²) in [6.45, 7) is 1.48. The fourth-order valence-electron chi connectivity index (χ4n) is 3.06. The Morgan fingerprint density at radius 3 is 2.78 bits per heavy atom. The Balaban J connectivity index is 1.72. The van der Waals surface area contributed by atoms with E-state index < -0.39 is 0 Å². The Labute approximate surface area is 136 Å². The van der Waals surface area contributed by atoms with Crippen molar-refractivity contribution in [3.63, 3.8) is 0 Å². The molecule has 2 aromatic rings. The summed E-state index contributed by atoms with van der Waals surface area (Å²) < 4.78 is 0. The molecule has 0 radical (unpaired) electrons. The van der Waals surface area contributed by atoms with Gasteiger partial charge in [-0.3, -0.25) is 9.69 Å². The lowest BCUT2D eigenvalue weighted by Crippen LogP contribution is -2.46. The molecule has 1 atom stereocenters. The lowest BCUT2D eigenvalue weighted by atomic mass is 9.94. The van der Waals surface area contributed by atoms with Crippen LogP contribution in [-0.4, -0.2) is 52.5 Å². The highest BCUT2D eigenvalue weighted by Gasteiger charge is 2.26. The molecule has 1 N–H and O–H groups in total. The summed E-state index contributed by atoms with van der Waals surface area (Å²) in [4.78, 5) is 20.4. The van der Waals surface area contributed by atoms with Gasteiger partial charge >= 0.3 is 0 Å². The molecule has 0 fully saturated rings. The number of carbonyl (C=O) groups excluding carboxylic acids is 1. The molecule has 0 aliphatic carbocycles. The highest BCUT2D eigenvalue weighted by molar-refractivity contribution is 5.94. The van der Waals surface area contributed by atoms with Gasteiger partial charge in [-0.2, -0.15) is 0 Å². The molecule has 0 bridgehead atoms. The monoisotopic (exact) mass is 311 g/mol. The second kappa shape index (κ2) is 6.38. The Hall–Kier alpha value is -2.40. The first kappa shape index (κ1) is 15.5. The zero-order chi connectivity index (χ0) is 16.4. The maximum absolute atomic E-state index is 12.5. The minimum atomic E-state index is -0.254. The summed E-state index contributed by atoms with van der Waals surface area (Å²) in [6.07, 6.45) is 2.43. The standard InChI is InChI=1S/C18H21N3O2/c1-20-11-14-7-4-3-6-13(14)10-15(20)12-21(2)18(23)17-16(22)8-5-9-19-17/h3-9,15,22H,10-12H2,1-2H3/t15-/m1/s1. The minimum absolute atomic E-state index is 0.0771. The van der Waals surface area contributed by atoms with E-state index in [0.29, 0.717) is 6.54 Å². The number of rotatable bonds is 3. The first-order chi connectivity index (χ1) is 11.1. The molecule has 23 heavy (non-hydrogen) atoms. The van der Waals surface area contributed by atoms with Gasteiger partial charge in [-0.05, 0) is 36.7 Å². The molecule has 5 heteroatoms. The van der Waals surface area contributed by atoms with Crippen molar-refractivity contribution in [2.24, 2.45) is 0 Å². The molecular weight excluding hydrogens is 290 g/mol. The van der Waals surface area contributed by atoms with Crippen LogP contribution in [0.5, 0.6) is 5.75 Å². The average molecular weight is 311 g/mol. The Bertz CT molecular complexity index is 717. The molecule has 0 unspecified atom stereocenters. The number of fused-ring (bicyclic) bond motifs is 1. The van der Waals surface area contributed by atoms with Gasteiger partial charge in [0.2, 0.25) is 0 Å². The molecule has 1 aliphatic heterocycles. The van der Waals surface area contributed by atoms with Crippen molar-refractivity contribution >= 4 is 5.91 Å². The van der Waals surface area contributed by atoms with Crippen molar-refractivity contribution in [3.05, 3.63) is 59.4 Å². The van der Waals surface area contributed by atoms with E-state index in [1.807, 2.05) is 0 Å². The third kappa shape index (κ3) is 3.19. The van der Waals surface area contributed by atoms with Crippen molar-refractivity contribution in [2.45, 2.75) is 19.0 Å². The summed E-state index contributed by atoms with van der Waals surface area (Å²) in [5, 5.41) is 9.80. The largest absolute Gasteiger partial charge is 0.505 e. The molecule has 0 saturated heterocycles. The number of aromatic nitrogens is 1. The fourth-order valence-corrected chi connectivity index (χ4v) is 3.06. The Morgan fingerprint density at radius 1 is 1.30 bits per heavy atom. The third-order valence-corrected chi connectivity index (χ3v) is 4.44. The molecule has 5 nitrogen and oxygen atoms in total. The van der Waals surface area contributed by atoms with Crippen LogP contribution in [0, 0.1) is 0 Å². The van der Waals surface area contributed by atoms with Crippen LogP contribution >= 0.6 is 0 Å². The van der Waals surface area contributed by atoms with Gasteiger partial charge in [0.15, 0.2) is 5.69 Å². The van der Waals surface area contributed by atoms with Crippen LogP contribution in [0.15, 0.2) is 42.6 Å². The number of nitrogens with zero attached hydrogens (tertiary/aromatic N) is 3. The summed E-state index contributed by atoms with van der Waals surface area (Å²) in [7, 11) is 3.84. The predicted molar refractivity (Wildman–Crippen MR) is 88.3 cm³/mol. The number of likely N-dealkylation sites (N-methyl/N-ethyl adjacent to an activating group) is 2. The smallest absolute Gasteiger partial charge is 0.276 e. The second-order valence-corrected chi connectivity index (χ2v) is 6.10. The van der Waals surface area contributed by atoms with Gasteiger partial charge in [-0.25, -0.2) is 4.98 Å². The SMILES string of the molecule is CN(C[C@H]1Cc2ccccc2CN1C)C(=O)c1ncccc1O. The van der Waals surface area contributed by atoms with Crippen LogP contribution in [-0.2, 0) is 13.0 Å². The molecule has 3 rings (SSSR count). The lowest BCUT2D eigenvalue weighted by Gasteiger charge is -2.36. The zero-order valence-electron chi connectivity index (χ0n) is 13.4. The number of hydrogen-bond acceptors (Lipinski definition) is 4. The number of benzene rings is 1. The van der Waals surface area contributed by atoms with Crippen LogP contribution in [0.3, 0.4) is 0 Å². The van der Waals surface area contributed by atoms with E-state index in [1.165, 1.54) is 23.4 Å². The molecule has 0 spiro atoms. The van der Waals surface area contributed by atoms with Gasteiger partial charge in [0.05, 0.1) is 0 Å². The number of aromatic hydroxyl groups is 1. The molecular formula is C18H21N3O2. The molecule has 2 heterocycles. The first-order valence-corrected chi connectivity index (χ1v) is 7.72. The average Bonchev–Trinajstić information content (AvgIpc) is 2.55. The van der Waals surface area contributed by atoms with Crippen molar-refractivity contribution in [1.82, 2.24) is 14.8 Å². The van der Waals surface area contributed by atoms with Gasteiger partial charge in [-0.1, -0.05) is 24.3 Å². The topological polar surface area (TPSA) is 56.7 Å². The van der Waals surface area contributed by atoms with E-state index in [4.69, 9.17) is 0 Å². The Morgan fingerprint density at radius 2 is 2.04 bits per heavy atom. The van der Waals surface area contributed by atoms with Gasteiger partial charge in [0.25, 0.3) is 5.91 Å². The van der Waals surface area contributed by atoms with Crippen LogP contribution in [0.1, 0.15) is 21.6 Å². The van der Waals surface area contributed by atoms with E-state index in [-0.39, 0.29) is 23.4 Å². The van der Waals surface area contributed by atoms with E-state index in [1.54, 1.807) is 18.0 Å². The molecule has 1 amide bonds. The summed E-state index contributed by atoms with van der Waals surface area (Å²) >= 11 is 0. The van der Waals surface area contributed by atoms with Gasteiger partial charge < -0.3 is 10.0 Å². The normalized spacial score (nSPS) is 17.6. The molecule has 120 valence electrons. The van der Waals surface area contributed by atoms with E-state index >= 15 is 0 Å². The van der Waals surface area contributed by atoms with Crippen molar-refractivity contribution in [1.29, 1.82) is 0 Å². The summed E-state index contributed by atoms with van der Waals surface area (Å²) in [5.41, 5.74) is 2.80. The number of amides is 1. The maximum atomic E-state index is 12.5. The van der Waals surface area contributed by atoms with Crippen LogP contribution < -0.4 is 0 Å². The minimum Gasteiger partial charge on any atom is -0.505 e. The molecule has 1 aliphatic rings. The summed E-state index contributed by atoms with van der Waals surface area (Å²) in [6, 6.07) is 11.8. The van der Waals surface area contributed by atoms with E-state index in [0.717, 1.165) is 13.0 Å². The number of hydrogen-bond donors (Lipinski definition) is 1. The summed E-state index contributed by atoms with van der Waals surface area (Å²) in [5.74, 6) is -0.331. The van der Waals surface area contributed by atoms with Crippen LogP contribution in [0.2, 0.25) is 0 Å². The zero-order valence-corrected chi connectivity index (χ0v) is 13.4.